The topological polar surface area (TPSA) is 58.0 Å². The molecule has 21 heavy (non-hydrogen) atoms. The van der Waals surface area contributed by atoms with E-state index in [-0.39, 0.29) is 0 Å². The molecular formula is C16H13BrN2O2. The average Bonchev–Trinajstić information content (AvgIpc) is 3.01. The zero-order chi connectivity index (χ0) is 14.4. The summed E-state index contributed by atoms with van der Waals surface area (Å²) >= 11 is 3.52. The lowest BCUT2D eigenvalue weighted by Crippen LogP contribution is -2.06. The molecule has 106 valence electrons. The van der Waals surface area contributed by atoms with E-state index in [1.54, 1.807) is 0 Å². The molecule has 2 N–H and O–H groups in total. The van der Waals surface area contributed by atoms with Gasteiger partial charge in [-0.1, -0.05) is 22.0 Å². The summed E-state index contributed by atoms with van der Waals surface area (Å²) in [7, 11) is 0. The zero-order valence-corrected chi connectivity index (χ0v) is 12.7. The van der Waals surface area contributed by atoms with E-state index in [1.165, 1.54) is 11.1 Å². The first-order valence-corrected chi connectivity index (χ1v) is 7.66. The van der Waals surface area contributed by atoms with Crippen LogP contribution in [0, 0.1) is 0 Å². The highest BCUT2D eigenvalue weighted by Crippen LogP contribution is 2.35. The van der Waals surface area contributed by atoms with E-state index in [9.17, 15) is 4.79 Å². The first kappa shape index (κ1) is 12.7. The minimum Gasteiger partial charge on any atom is -0.408 e. The van der Waals surface area contributed by atoms with Crippen molar-refractivity contribution in [1.82, 2.24) is 4.98 Å². The molecule has 4 nitrogen and oxygen atoms in total. The highest BCUT2D eigenvalue weighted by Gasteiger charge is 2.22. The molecular weight excluding hydrogens is 332 g/mol. The number of hydrogen-bond acceptors (Lipinski definition) is 3. The Morgan fingerprint density at radius 3 is 3.05 bits per heavy atom. The Bertz CT molecular complexity index is 881. The Hall–Kier alpha value is -2.01. The number of rotatable bonds is 2. The molecule has 0 radical (unpaired) electrons. The maximum absolute atomic E-state index is 11.2. The molecule has 2 aromatic carbocycles. The van der Waals surface area contributed by atoms with Crippen LogP contribution in [-0.2, 0) is 6.42 Å². The fourth-order valence-corrected chi connectivity index (χ4v) is 3.39. The van der Waals surface area contributed by atoms with Crippen LogP contribution in [0.3, 0.4) is 0 Å². The summed E-state index contributed by atoms with van der Waals surface area (Å²) in [6.45, 7) is 0. The number of aromatic amines is 1. The number of benzene rings is 2. The number of aromatic nitrogens is 1. The molecule has 5 heteroatoms. The SMILES string of the molecule is O=c1[nH]c2cc(NC3CCc4cc(Br)ccc43)ccc2o1. The molecule has 0 saturated carbocycles. The van der Waals surface area contributed by atoms with Gasteiger partial charge in [-0.25, -0.2) is 4.79 Å². The maximum atomic E-state index is 11.2. The van der Waals surface area contributed by atoms with Gasteiger partial charge < -0.3 is 9.73 Å². The van der Waals surface area contributed by atoms with Gasteiger partial charge in [-0.15, -0.1) is 0 Å². The van der Waals surface area contributed by atoms with Gasteiger partial charge in [0.2, 0.25) is 0 Å². The third-order valence-electron chi connectivity index (χ3n) is 3.94. The van der Waals surface area contributed by atoms with Crippen molar-refractivity contribution in [2.24, 2.45) is 0 Å². The average molecular weight is 345 g/mol. The quantitative estimate of drug-likeness (QED) is 0.739. The number of halogens is 1. The summed E-state index contributed by atoms with van der Waals surface area (Å²) < 4.78 is 6.14. The summed E-state index contributed by atoms with van der Waals surface area (Å²) in [4.78, 5) is 13.9. The van der Waals surface area contributed by atoms with Gasteiger partial charge in [0.15, 0.2) is 5.58 Å². The van der Waals surface area contributed by atoms with Crippen LogP contribution in [0.25, 0.3) is 11.1 Å². The van der Waals surface area contributed by atoms with Gasteiger partial charge in [-0.2, -0.15) is 0 Å². The summed E-state index contributed by atoms with van der Waals surface area (Å²) in [5.41, 5.74) is 5.03. The second-order valence-electron chi connectivity index (χ2n) is 5.30. The molecule has 1 unspecified atom stereocenters. The maximum Gasteiger partial charge on any atom is 0.417 e. The predicted octanol–water partition coefficient (Wildman–Crippen LogP) is 3.98. The lowest BCUT2D eigenvalue weighted by molar-refractivity contribution is 0.555. The van der Waals surface area contributed by atoms with E-state index in [1.807, 2.05) is 18.2 Å². The Morgan fingerprint density at radius 1 is 1.24 bits per heavy atom. The van der Waals surface area contributed by atoms with E-state index in [0.717, 1.165) is 28.5 Å². The minimum absolute atomic E-state index is 0.309. The van der Waals surface area contributed by atoms with E-state index >= 15 is 0 Å². The first-order valence-electron chi connectivity index (χ1n) is 6.87. The molecule has 3 aromatic rings. The summed E-state index contributed by atoms with van der Waals surface area (Å²) in [6, 6.07) is 12.4. The van der Waals surface area contributed by atoms with Crippen molar-refractivity contribution in [3.05, 3.63) is 62.5 Å². The van der Waals surface area contributed by atoms with Gasteiger partial charge in [0.05, 0.1) is 11.6 Å². The largest absolute Gasteiger partial charge is 0.417 e. The van der Waals surface area contributed by atoms with Crippen LogP contribution in [0.5, 0.6) is 0 Å². The van der Waals surface area contributed by atoms with E-state index in [4.69, 9.17) is 4.42 Å². The molecule has 0 amide bonds. The van der Waals surface area contributed by atoms with Gasteiger partial charge in [-0.05, 0) is 54.3 Å². The second-order valence-corrected chi connectivity index (χ2v) is 6.22. The highest BCUT2D eigenvalue weighted by atomic mass is 79.9. The molecule has 0 fully saturated rings. The summed E-state index contributed by atoms with van der Waals surface area (Å²) in [6.07, 6.45) is 2.16. The smallest absolute Gasteiger partial charge is 0.408 e. The standard InChI is InChI=1S/C16H13BrN2O2/c17-10-2-4-12-9(7-10)1-5-13(12)18-11-3-6-15-14(8-11)19-16(20)21-15/h2-4,6-8,13,18H,1,5H2,(H,19,20). The van der Waals surface area contributed by atoms with Crippen molar-refractivity contribution in [2.75, 3.05) is 5.32 Å². The normalized spacial score (nSPS) is 17.1. The van der Waals surface area contributed by atoms with E-state index < -0.39 is 5.76 Å². The van der Waals surface area contributed by atoms with Crippen molar-refractivity contribution >= 4 is 32.7 Å². The number of nitrogens with one attached hydrogen (secondary N) is 2. The predicted molar refractivity (Wildman–Crippen MR) is 85.7 cm³/mol. The Labute approximate surface area is 129 Å². The number of anilines is 1. The van der Waals surface area contributed by atoms with E-state index in [0.29, 0.717) is 11.6 Å². The van der Waals surface area contributed by atoms with Crippen molar-refractivity contribution in [1.29, 1.82) is 0 Å². The van der Waals surface area contributed by atoms with Crippen molar-refractivity contribution < 1.29 is 4.42 Å². The number of H-pyrrole nitrogens is 1. The van der Waals surface area contributed by atoms with Gasteiger partial charge in [0.1, 0.15) is 0 Å². The van der Waals surface area contributed by atoms with Gasteiger partial charge in [-0.3, -0.25) is 4.98 Å². The second kappa shape index (κ2) is 4.77. The monoisotopic (exact) mass is 344 g/mol. The minimum atomic E-state index is -0.418. The van der Waals surface area contributed by atoms with Crippen molar-refractivity contribution in [3.8, 4) is 0 Å². The Kier molecular flexibility index (Phi) is 2.89. The van der Waals surface area contributed by atoms with Crippen LogP contribution in [0.4, 0.5) is 5.69 Å². The Morgan fingerprint density at radius 2 is 2.14 bits per heavy atom. The van der Waals surface area contributed by atoms with Crippen LogP contribution in [0.2, 0.25) is 0 Å². The molecule has 1 aromatic heterocycles. The van der Waals surface area contributed by atoms with Crippen molar-refractivity contribution in [2.45, 2.75) is 18.9 Å². The molecule has 1 atom stereocenters. The summed E-state index contributed by atoms with van der Waals surface area (Å²) in [5.74, 6) is -0.418. The van der Waals surface area contributed by atoms with Crippen LogP contribution in [0.1, 0.15) is 23.6 Å². The fraction of sp³-hybridized carbons (Fsp3) is 0.188. The number of oxazole rings is 1. The lowest BCUT2D eigenvalue weighted by Gasteiger charge is -2.15. The van der Waals surface area contributed by atoms with Crippen LogP contribution >= 0.6 is 15.9 Å². The van der Waals surface area contributed by atoms with Gasteiger partial charge in [0.25, 0.3) is 0 Å². The molecule has 1 aliphatic rings. The third kappa shape index (κ3) is 2.27. The van der Waals surface area contributed by atoms with Crippen molar-refractivity contribution in [3.63, 3.8) is 0 Å². The lowest BCUT2D eigenvalue weighted by atomic mass is 10.1. The van der Waals surface area contributed by atoms with E-state index in [2.05, 4.69) is 44.4 Å². The van der Waals surface area contributed by atoms with Gasteiger partial charge in [0, 0.05) is 10.2 Å². The molecule has 0 saturated heterocycles. The van der Waals surface area contributed by atoms with Crippen LogP contribution < -0.4 is 11.1 Å². The number of hydrogen-bond donors (Lipinski definition) is 2. The molecule has 0 spiro atoms. The molecule has 1 heterocycles. The highest BCUT2D eigenvalue weighted by molar-refractivity contribution is 9.10. The van der Waals surface area contributed by atoms with Crippen LogP contribution in [-0.4, -0.2) is 4.98 Å². The molecule has 4 rings (SSSR count). The molecule has 0 aliphatic heterocycles. The zero-order valence-electron chi connectivity index (χ0n) is 11.2. The molecule has 1 aliphatic carbocycles. The number of fused-ring (bicyclic) bond motifs is 2. The fourth-order valence-electron chi connectivity index (χ4n) is 2.98. The summed E-state index contributed by atoms with van der Waals surface area (Å²) in [5, 5.41) is 3.54. The number of aryl methyl sites for hydroxylation is 1. The van der Waals surface area contributed by atoms with Gasteiger partial charge >= 0.3 is 5.76 Å². The third-order valence-corrected chi connectivity index (χ3v) is 4.44. The van der Waals surface area contributed by atoms with Crippen LogP contribution in [0.15, 0.2) is 50.1 Å². The molecule has 0 bridgehead atoms. The first-order chi connectivity index (χ1) is 10.2. The Balaban J connectivity index is 1.65.